The van der Waals surface area contributed by atoms with Crippen molar-refractivity contribution in [1.29, 1.82) is 0 Å². The van der Waals surface area contributed by atoms with Crippen LogP contribution in [0.3, 0.4) is 0 Å². The van der Waals surface area contributed by atoms with E-state index < -0.39 is 32.4 Å². The summed E-state index contributed by atoms with van der Waals surface area (Å²) in [6, 6.07) is 7.89. The summed E-state index contributed by atoms with van der Waals surface area (Å²) in [5.74, 6) is -2.83. The van der Waals surface area contributed by atoms with Crippen LogP contribution >= 0.6 is 0 Å². The van der Waals surface area contributed by atoms with Gasteiger partial charge >= 0.3 is 0 Å². The number of hydrogen-bond acceptors (Lipinski definition) is 4. The van der Waals surface area contributed by atoms with Gasteiger partial charge in [0, 0.05) is 6.07 Å². The van der Waals surface area contributed by atoms with E-state index >= 15 is 0 Å². The standard InChI is InChI=1S/C15H11F3N4O2S/c16-11-3-1-2-10(6-11)8-22-9-19-15(20-22)21-25(23,24)14-5-4-12(17)7-13(14)18/h1-7,9H,8H2,(H,20,21). The van der Waals surface area contributed by atoms with Crippen LogP contribution in [-0.4, -0.2) is 23.2 Å². The summed E-state index contributed by atoms with van der Waals surface area (Å²) in [5, 5.41) is 3.89. The zero-order valence-corrected chi connectivity index (χ0v) is 13.3. The van der Waals surface area contributed by atoms with Gasteiger partial charge in [-0.1, -0.05) is 12.1 Å². The highest BCUT2D eigenvalue weighted by molar-refractivity contribution is 7.92. The van der Waals surface area contributed by atoms with Gasteiger partial charge in [-0.2, -0.15) is 4.98 Å². The highest BCUT2D eigenvalue weighted by atomic mass is 32.2. The van der Waals surface area contributed by atoms with Crippen LogP contribution in [-0.2, 0) is 16.6 Å². The Bertz CT molecular complexity index is 1020. The zero-order valence-electron chi connectivity index (χ0n) is 12.5. The Morgan fingerprint density at radius 1 is 1.04 bits per heavy atom. The summed E-state index contributed by atoms with van der Waals surface area (Å²) in [6.07, 6.45) is 1.24. The van der Waals surface area contributed by atoms with E-state index in [-0.39, 0.29) is 12.5 Å². The van der Waals surface area contributed by atoms with E-state index in [9.17, 15) is 21.6 Å². The first-order valence-corrected chi connectivity index (χ1v) is 8.43. The number of rotatable bonds is 5. The molecule has 0 aliphatic carbocycles. The summed E-state index contributed by atoms with van der Waals surface area (Å²) < 4.78 is 67.2. The van der Waals surface area contributed by atoms with Crippen molar-refractivity contribution in [3.05, 3.63) is 71.8 Å². The number of sulfonamides is 1. The maximum atomic E-state index is 13.6. The first-order valence-electron chi connectivity index (χ1n) is 6.95. The van der Waals surface area contributed by atoms with Crippen LogP contribution in [0.4, 0.5) is 19.1 Å². The maximum Gasteiger partial charge on any atom is 0.267 e. The molecule has 0 spiro atoms. The number of halogens is 3. The minimum atomic E-state index is -4.32. The minimum absolute atomic E-state index is 0.164. The Labute approximate surface area is 141 Å². The van der Waals surface area contributed by atoms with Gasteiger partial charge in [0.2, 0.25) is 0 Å². The molecule has 2 aromatic carbocycles. The third-order valence-corrected chi connectivity index (χ3v) is 4.54. The van der Waals surface area contributed by atoms with E-state index in [0.717, 1.165) is 12.1 Å². The molecule has 6 nitrogen and oxygen atoms in total. The zero-order chi connectivity index (χ0) is 18.0. The predicted octanol–water partition coefficient (Wildman–Crippen LogP) is 2.54. The topological polar surface area (TPSA) is 76.9 Å². The number of hydrogen-bond donors (Lipinski definition) is 1. The van der Waals surface area contributed by atoms with Gasteiger partial charge in [-0.3, -0.25) is 0 Å². The fourth-order valence-corrected chi connectivity index (χ4v) is 3.11. The van der Waals surface area contributed by atoms with Crippen LogP contribution in [0.2, 0.25) is 0 Å². The van der Waals surface area contributed by atoms with Crippen molar-refractivity contribution in [3.8, 4) is 0 Å². The normalized spacial score (nSPS) is 11.5. The van der Waals surface area contributed by atoms with E-state index in [2.05, 4.69) is 10.1 Å². The average molecular weight is 368 g/mol. The molecule has 0 atom stereocenters. The molecule has 0 aliphatic rings. The largest absolute Gasteiger partial charge is 0.267 e. The second kappa shape index (κ2) is 6.55. The lowest BCUT2D eigenvalue weighted by Crippen LogP contribution is -2.16. The van der Waals surface area contributed by atoms with Crippen LogP contribution in [0.1, 0.15) is 5.56 Å². The molecule has 25 heavy (non-hydrogen) atoms. The van der Waals surface area contributed by atoms with Gasteiger partial charge in [0.1, 0.15) is 28.7 Å². The van der Waals surface area contributed by atoms with Gasteiger partial charge in [-0.15, -0.1) is 5.10 Å². The fourth-order valence-electron chi connectivity index (χ4n) is 2.11. The average Bonchev–Trinajstić information content (AvgIpc) is 2.93. The van der Waals surface area contributed by atoms with Gasteiger partial charge in [0.15, 0.2) is 0 Å². The molecule has 130 valence electrons. The predicted molar refractivity (Wildman–Crippen MR) is 82.7 cm³/mol. The monoisotopic (exact) mass is 368 g/mol. The van der Waals surface area contributed by atoms with Gasteiger partial charge < -0.3 is 0 Å². The van der Waals surface area contributed by atoms with E-state index in [1.165, 1.54) is 29.2 Å². The van der Waals surface area contributed by atoms with Gasteiger partial charge in [-0.05, 0) is 29.8 Å². The maximum absolute atomic E-state index is 13.6. The third kappa shape index (κ3) is 3.97. The van der Waals surface area contributed by atoms with Gasteiger partial charge in [0.05, 0.1) is 6.54 Å². The van der Waals surface area contributed by atoms with Gasteiger partial charge in [-0.25, -0.2) is 31.0 Å². The highest BCUT2D eigenvalue weighted by Crippen LogP contribution is 2.18. The van der Waals surface area contributed by atoms with E-state index in [1.54, 1.807) is 6.07 Å². The summed E-state index contributed by atoms with van der Waals surface area (Å²) in [7, 11) is -4.32. The Morgan fingerprint density at radius 3 is 2.52 bits per heavy atom. The van der Waals surface area contributed by atoms with E-state index in [0.29, 0.717) is 11.6 Å². The van der Waals surface area contributed by atoms with Crippen LogP contribution in [0.25, 0.3) is 0 Å². The lowest BCUT2D eigenvalue weighted by atomic mass is 10.2. The summed E-state index contributed by atoms with van der Waals surface area (Å²) in [5.41, 5.74) is 0.601. The molecule has 0 unspecified atom stereocenters. The first-order chi connectivity index (χ1) is 11.8. The Balaban J connectivity index is 1.78. The lowest BCUT2D eigenvalue weighted by Gasteiger charge is -2.05. The van der Waals surface area contributed by atoms with Crippen LogP contribution in [0, 0.1) is 17.5 Å². The molecule has 0 saturated heterocycles. The molecule has 3 aromatic rings. The molecule has 1 aromatic heterocycles. The molecule has 1 N–H and O–H groups in total. The molecule has 10 heteroatoms. The van der Waals surface area contributed by atoms with E-state index in [4.69, 9.17) is 0 Å². The van der Waals surface area contributed by atoms with Crippen molar-refractivity contribution in [2.45, 2.75) is 11.4 Å². The fraction of sp³-hybridized carbons (Fsp3) is 0.0667. The molecular formula is C15H11F3N4O2S. The molecule has 0 aliphatic heterocycles. The second-order valence-electron chi connectivity index (χ2n) is 5.08. The molecule has 3 rings (SSSR count). The van der Waals surface area contributed by atoms with Crippen LogP contribution < -0.4 is 4.72 Å². The van der Waals surface area contributed by atoms with Crippen molar-refractivity contribution in [1.82, 2.24) is 14.8 Å². The smallest absolute Gasteiger partial charge is 0.246 e. The first kappa shape index (κ1) is 17.0. The molecule has 1 heterocycles. The summed E-state index contributed by atoms with van der Waals surface area (Å²) >= 11 is 0. The van der Waals surface area contributed by atoms with Crippen molar-refractivity contribution >= 4 is 16.0 Å². The van der Waals surface area contributed by atoms with Crippen molar-refractivity contribution in [3.63, 3.8) is 0 Å². The van der Waals surface area contributed by atoms with Crippen molar-refractivity contribution in [2.24, 2.45) is 0 Å². The SMILES string of the molecule is O=S(=O)(Nc1ncn(Cc2cccc(F)c2)n1)c1ccc(F)cc1F. The molecule has 0 amide bonds. The van der Waals surface area contributed by atoms with Crippen molar-refractivity contribution < 1.29 is 21.6 Å². The minimum Gasteiger partial charge on any atom is -0.246 e. The number of aromatic nitrogens is 3. The quantitative estimate of drug-likeness (QED) is 0.751. The second-order valence-corrected chi connectivity index (χ2v) is 6.73. The molecule has 0 saturated carbocycles. The van der Waals surface area contributed by atoms with Crippen molar-refractivity contribution in [2.75, 3.05) is 4.72 Å². The number of benzene rings is 2. The van der Waals surface area contributed by atoms with Crippen LogP contribution in [0.15, 0.2) is 53.7 Å². The number of nitrogens with one attached hydrogen (secondary N) is 1. The Hall–Kier alpha value is -2.88. The number of anilines is 1. The number of nitrogens with zero attached hydrogens (tertiary/aromatic N) is 3. The Morgan fingerprint density at radius 2 is 1.80 bits per heavy atom. The van der Waals surface area contributed by atoms with Gasteiger partial charge in [0.25, 0.3) is 16.0 Å². The van der Waals surface area contributed by atoms with E-state index in [1.807, 2.05) is 4.72 Å². The summed E-state index contributed by atoms with van der Waals surface area (Å²) in [6.45, 7) is 0.164. The highest BCUT2D eigenvalue weighted by Gasteiger charge is 2.21. The van der Waals surface area contributed by atoms with Crippen LogP contribution in [0.5, 0.6) is 0 Å². The third-order valence-electron chi connectivity index (χ3n) is 3.18. The lowest BCUT2D eigenvalue weighted by molar-refractivity contribution is 0.551. The molecule has 0 bridgehead atoms. The molecule has 0 radical (unpaired) electrons. The molecular weight excluding hydrogens is 357 g/mol. The summed E-state index contributed by atoms with van der Waals surface area (Å²) in [4.78, 5) is 3.04. The Kier molecular flexibility index (Phi) is 4.45. The molecule has 0 fully saturated rings.